The zero-order valence-corrected chi connectivity index (χ0v) is 16.0. The fourth-order valence-corrected chi connectivity index (χ4v) is 4.24. The Bertz CT molecular complexity index is 726. The number of hydrogen-bond donors (Lipinski definition) is 2. The summed E-state index contributed by atoms with van der Waals surface area (Å²) in [5, 5.41) is 16.4. The number of nitro benzene ring substituents is 1. The molecule has 1 heterocycles. The zero-order chi connectivity index (χ0) is 18.4. The van der Waals surface area contributed by atoms with Gasteiger partial charge in [-0.1, -0.05) is 0 Å². The average molecular weight is 407 g/mol. The maximum atomic E-state index is 12.7. The first-order chi connectivity index (χ1) is 11.9. The lowest BCUT2D eigenvalue weighted by Crippen LogP contribution is -2.46. The third kappa shape index (κ3) is 5.37. The van der Waals surface area contributed by atoms with E-state index in [2.05, 4.69) is 10.6 Å². The molecule has 1 unspecified atom stereocenters. The number of carbonyl (C=O) groups excluding carboxylic acids is 1. The number of nitrogens with one attached hydrogen (secondary N) is 2. The molecule has 2 rings (SSSR count). The second kappa shape index (κ2) is 9.81. The lowest BCUT2D eigenvalue weighted by molar-refractivity contribution is -0.384. The summed E-state index contributed by atoms with van der Waals surface area (Å²) >= 11 is 0. The van der Waals surface area contributed by atoms with Gasteiger partial charge in [-0.05, 0) is 32.0 Å². The highest BCUT2D eigenvalue weighted by Gasteiger charge is 2.33. The fraction of sp³-hybridized carbons (Fsp3) is 0.533. The number of halogens is 1. The van der Waals surface area contributed by atoms with Crippen LogP contribution < -0.4 is 10.6 Å². The monoisotopic (exact) mass is 406 g/mol. The number of sulfonamides is 1. The van der Waals surface area contributed by atoms with Gasteiger partial charge in [0.1, 0.15) is 0 Å². The first kappa shape index (κ1) is 22.3. The van der Waals surface area contributed by atoms with Crippen molar-refractivity contribution in [2.24, 2.45) is 5.92 Å². The van der Waals surface area contributed by atoms with E-state index in [1.807, 2.05) is 0 Å². The molecule has 1 aromatic carbocycles. The van der Waals surface area contributed by atoms with Crippen molar-refractivity contribution in [1.29, 1.82) is 0 Å². The van der Waals surface area contributed by atoms with Gasteiger partial charge in [0.2, 0.25) is 15.9 Å². The van der Waals surface area contributed by atoms with Crippen molar-refractivity contribution in [1.82, 2.24) is 14.9 Å². The van der Waals surface area contributed by atoms with Gasteiger partial charge < -0.3 is 10.6 Å². The molecule has 1 atom stereocenters. The molecule has 1 aliphatic rings. The Labute approximate surface area is 158 Å². The summed E-state index contributed by atoms with van der Waals surface area (Å²) in [7, 11) is -1.99. The van der Waals surface area contributed by atoms with Crippen LogP contribution >= 0.6 is 12.4 Å². The average Bonchev–Trinajstić information content (AvgIpc) is 2.62. The first-order valence-corrected chi connectivity index (χ1v) is 9.47. The van der Waals surface area contributed by atoms with Crippen LogP contribution in [0.4, 0.5) is 5.69 Å². The van der Waals surface area contributed by atoms with Gasteiger partial charge in [0.15, 0.2) is 0 Å². The van der Waals surface area contributed by atoms with Gasteiger partial charge in [-0.15, -0.1) is 12.4 Å². The molecule has 0 spiro atoms. The van der Waals surface area contributed by atoms with Gasteiger partial charge in [-0.3, -0.25) is 14.9 Å². The van der Waals surface area contributed by atoms with Gasteiger partial charge in [-0.25, -0.2) is 8.42 Å². The molecule has 146 valence electrons. The number of non-ortho nitro benzene ring substituents is 1. The quantitative estimate of drug-likeness (QED) is 0.391. The molecule has 26 heavy (non-hydrogen) atoms. The molecule has 1 fully saturated rings. The van der Waals surface area contributed by atoms with Gasteiger partial charge in [0.05, 0.1) is 15.7 Å². The van der Waals surface area contributed by atoms with Crippen LogP contribution in [0.1, 0.15) is 12.8 Å². The molecule has 11 heteroatoms. The van der Waals surface area contributed by atoms with Crippen molar-refractivity contribution in [3.8, 4) is 0 Å². The van der Waals surface area contributed by atoms with Crippen molar-refractivity contribution in [3.63, 3.8) is 0 Å². The van der Waals surface area contributed by atoms with Crippen molar-refractivity contribution in [3.05, 3.63) is 34.4 Å². The smallest absolute Gasteiger partial charge is 0.269 e. The molecule has 9 nitrogen and oxygen atoms in total. The summed E-state index contributed by atoms with van der Waals surface area (Å²) < 4.78 is 26.7. The molecular formula is C15H23ClN4O5S. The number of rotatable bonds is 7. The lowest BCUT2D eigenvalue weighted by Gasteiger charge is -2.31. The molecule has 0 aromatic heterocycles. The molecule has 0 bridgehead atoms. The number of amides is 1. The summed E-state index contributed by atoms with van der Waals surface area (Å²) in [5.41, 5.74) is -0.167. The van der Waals surface area contributed by atoms with Crippen LogP contribution in [-0.4, -0.2) is 56.8 Å². The number of piperidine rings is 1. The highest BCUT2D eigenvalue weighted by atomic mass is 35.5. The van der Waals surface area contributed by atoms with Gasteiger partial charge in [-0.2, -0.15) is 4.31 Å². The van der Waals surface area contributed by atoms with Crippen LogP contribution in [0.2, 0.25) is 0 Å². The molecule has 1 saturated heterocycles. The van der Waals surface area contributed by atoms with Crippen molar-refractivity contribution in [2.45, 2.75) is 17.7 Å². The van der Waals surface area contributed by atoms with E-state index in [-0.39, 0.29) is 35.4 Å². The Kier molecular flexibility index (Phi) is 8.41. The number of carbonyl (C=O) groups is 1. The van der Waals surface area contributed by atoms with E-state index in [1.54, 1.807) is 7.05 Å². The SMILES string of the molecule is CNCCNC(=O)C1CCCN(S(=O)(=O)c2ccc([N+](=O)[O-])cc2)C1.Cl. The second-order valence-corrected chi connectivity index (χ2v) is 7.79. The third-order valence-corrected chi connectivity index (χ3v) is 5.99. The van der Waals surface area contributed by atoms with Gasteiger partial charge in [0, 0.05) is 38.3 Å². The molecule has 0 saturated carbocycles. The van der Waals surface area contributed by atoms with E-state index in [0.717, 1.165) is 0 Å². The van der Waals surface area contributed by atoms with Crippen molar-refractivity contribution in [2.75, 3.05) is 33.2 Å². The van der Waals surface area contributed by atoms with Gasteiger partial charge >= 0.3 is 0 Å². The Morgan fingerprint density at radius 3 is 2.54 bits per heavy atom. The number of hydrogen-bond acceptors (Lipinski definition) is 6. The number of benzene rings is 1. The summed E-state index contributed by atoms with van der Waals surface area (Å²) in [6.45, 7) is 1.58. The zero-order valence-electron chi connectivity index (χ0n) is 14.4. The normalized spacial score (nSPS) is 18.0. The molecule has 1 amide bonds. The Morgan fingerprint density at radius 2 is 1.96 bits per heavy atom. The number of likely N-dealkylation sites (N-methyl/N-ethyl adjacent to an activating group) is 1. The predicted molar refractivity (Wildman–Crippen MR) is 98.8 cm³/mol. The Morgan fingerprint density at radius 1 is 1.31 bits per heavy atom. The topological polar surface area (TPSA) is 122 Å². The highest BCUT2D eigenvalue weighted by molar-refractivity contribution is 7.89. The molecule has 0 aliphatic carbocycles. The van der Waals surface area contributed by atoms with E-state index >= 15 is 0 Å². The Hall–Kier alpha value is -1.75. The summed E-state index contributed by atoms with van der Waals surface area (Å²) in [4.78, 5) is 22.3. The standard InChI is InChI=1S/C15H22N4O5S.ClH/c1-16-8-9-17-15(20)12-3-2-10-18(11-12)25(23,24)14-6-4-13(5-7-14)19(21)22;/h4-7,12,16H,2-3,8-11H2,1H3,(H,17,20);1H. The summed E-state index contributed by atoms with van der Waals surface area (Å²) in [6, 6.07) is 4.78. The molecule has 2 N–H and O–H groups in total. The third-order valence-electron chi connectivity index (χ3n) is 4.11. The van der Waals surface area contributed by atoms with Crippen LogP contribution in [0.3, 0.4) is 0 Å². The van der Waals surface area contributed by atoms with Crippen LogP contribution in [0, 0.1) is 16.0 Å². The van der Waals surface area contributed by atoms with E-state index in [9.17, 15) is 23.3 Å². The van der Waals surface area contributed by atoms with Gasteiger partial charge in [0.25, 0.3) is 5.69 Å². The molecule has 1 aromatic rings. The van der Waals surface area contributed by atoms with E-state index in [0.29, 0.717) is 32.5 Å². The van der Waals surface area contributed by atoms with Crippen LogP contribution in [0.15, 0.2) is 29.2 Å². The maximum absolute atomic E-state index is 12.7. The second-order valence-electron chi connectivity index (χ2n) is 5.85. The summed E-state index contributed by atoms with van der Waals surface area (Å²) in [6.07, 6.45) is 1.23. The number of nitro groups is 1. The van der Waals surface area contributed by atoms with Crippen LogP contribution in [0.25, 0.3) is 0 Å². The van der Waals surface area contributed by atoms with E-state index in [1.165, 1.54) is 28.6 Å². The predicted octanol–water partition coefficient (Wildman–Crippen LogP) is 0.753. The van der Waals surface area contributed by atoms with E-state index < -0.39 is 20.9 Å². The molecular weight excluding hydrogens is 384 g/mol. The van der Waals surface area contributed by atoms with Crippen LogP contribution in [-0.2, 0) is 14.8 Å². The largest absolute Gasteiger partial charge is 0.355 e. The molecule has 0 radical (unpaired) electrons. The Balaban J connectivity index is 0.00000338. The highest BCUT2D eigenvalue weighted by Crippen LogP contribution is 2.25. The van der Waals surface area contributed by atoms with Crippen molar-refractivity contribution >= 4 is 34.0 Å². The minimum Gasteiger partial charge on any atom is -0.355 e. The van der Waals surface area contributed by atoms with Crippen LogP contribution in [0.5, 0.6) is 0 Å². The molecule has 1 aliphatic heterocycles. The van der Waals surface area contributed by atoms with E-state index in [4.69, 9.17) is 0 Å². The maximum Gasteiger partial charge on any atom is 0.269 e. The summed E-state index contributed by atoms with van der Waals surface area (Å²) in [5.74, 6) is -0.544. The minimum atomic E-state index is -3.78. The minimum absolute atomic E-state index is 0. The number of nitrogens with zero attached hydrogens (tertiary/aromatic N) is 2. The van der Waals surface area contributed by atoms with Crippen molar-refractivity contribution < 1.29 is 18.1 Å². The first-order valence-electron chi connectivity index (χ1n) is 8.03. The lowest BCUT2D eigenvalue weighted by atomic mass is 9.99. The fourth-order valence-electron chi connectivity index (χ4n) is 2.72.